The minimum Gasteiger partial charge on any atom is -0.380 e. The molecular formula is C20H25N5O. The summed E-state index contributed by atoms with van der Waals surface area (Å²) in [5, 5.41) is 8.27. The van der Waals surface area contributed by atoms with Gasteiger partial charge < -0.3 is 10.1 Å². The molecule has 0 saturated heterocycles. The van der Waals surface area contributed by atoms with Crippen molar-refractivity contribution in [1.82, 2.24) is 19.6 Å². The number of nitrogens with one attached hydrogen (secondary N) is 1. The molecule has 136 valence electrons. The lowest BCUT2D eigenvalue weighted by Gasteiger charge is -2.38. The first-order chi connectivity index (χ1) is 12.4. The topological polar surface area (TPSA) is 64.3 Å². The first kappa shape index (κ1) is 17.0. The molecule has 0 saturated carbocycles. The van der Waals surface area contributed by atoms with E-state index < -0.39 is 0 Å². The number of ether oxygens (including phenoxy) is 1. The van der Waals surface area contributed by atoms with Crippen LogP contribution < -0.4 is 5.32 Å². The fraction of sp³-hybridized carbons (Fsp3) is 0.450. The van der Waals surface area contributed by atoms with Crippen molar-refractivity contribution in [3.8, 4) is 11.3 Å². The van der Waals surface area contributed by atoms with Crippen LogP contribution in [0.2, 0.25) is 0 Å². The zero-order valence-corrected chi connectivity index (χ0v) is 16.0. The summed E-state index contributed by atoms with van der Waals surface area (Å²) < 4.78 is 6.97. The molecule has 1 atom stereocenters. The summed E-state index contributed by atoms with van der Waals surface area (Å²) >= 11 is 0. The van der Waals surface area contributed by atoms with Gasteiger partial charge in [-0.05, 0) is 56.4 Å². The van der Waals surface area contributed by atoms with Crippen molar-refractivity contribution in [2.24, 2.45) is 0 Å². The van der Waals surface area contributed by atoms with E-state index in [1.54, 1.807) is 17.8 Å². The van der Waals surface area contributed by atoms with E-state index in [1.165, 1.54) is 16.8 Å². The van der Waals surface area contributed by atoms with Crippen LogP contribution in [0, 0.1) is 6.92 Å². The molecule has 1 aliphatic rings. The van der Waals surface area contributed by atoms with Crippen LogP contribution in [0.3, 0.4) is 0 Å². The van der Waals surface area contributed by atoms with E-state index in [2.05, 4.69) is 60.2 Å². The molecule has 1 N–H and O–H groups in total. The molecule has 0 amide bonds. The predicted octanol–water partition coefficient (Wildman–Crippen LogP) is 3.94. The van der Waals surface area contributed by atoms with Gasteiger partial charge >= 0.3 is 0 Å². The number of hydrogen-bond donors (Lipinski definition) is 1. The zero-order valence-electron chi connectivity index (χ0n) is 16.0. The van der Waals surface area contributed by atoms with Crippen LogP contribution in [0.4, 0.5) is 5.69 Å². The molecule has 3 heterocycles. The summed E-state index contributed by atoms with van der Waals surface area (Å²) in [5.41, 5.74) is 6.04. The molecule has 26 heavy (non-hydrogen) atoms. The molecule has 0 bridgehead atoms. The fourth-order valence-electron chi connectivity index (χ4n) is 4.04. The molecule has 0 radical (unpaired) electrons. The molecule has 2 aromatic heterocycles. The van der Waals surface area contributed by atoms with Crippen LogP contribution in [-0.2, 0) is 11.3 Å². The quantitative estimate of drug-likeness (QED) is 0.774. The minimum absolute atomic E-state index is 0.0887. The van der Waals surface area contributed by atoms with E-state index in [1.807, 2.05) is 6.07 Å². The molecule has 6 nitrogen and oxygen atoms in total. The number of fused-ring (bicyclic) bond motifs is 2. The highest BCUT2D eigenvalue weighted by atomic mass is 16.5. The van der Waals surface area contributed by atoms with Crippen LogP contribution in [0.1, 0.15) is 50.1 Å². The van der Waals surface area contributed by atoms with Crippen molar-refractivity contribution in [3.05, 3.63) is 41.3 Å². The second kappa shape index (κ2) is 6.06. The van der Waals surface area contributed by atoms with E-state index in [-0.39, 0.29) is 5.54 Å². The number of benzene rings is 1. The van der Waals surface area contributed by atoms with Crippen LogP contribution in [0.15, 0.2) is 24.4 Å². The van der Waals surface area contributed by atoms with Crippen molar-refractivity contribution in [2.75, 3.05) is 12.4 Å². The Labute approximate surface area is 153 Å². The third kappa shape index (κ3) is 2.84. The minimum atomic E-state index is 0.0887. The molecule has 1 unspecified atom stereocenters. The predicted molar refractivity (Wildman–Crippen MR) is 102 cm³/mol. The lowest BCUT2D eigenvalue weighted by molar-refractivity contribution is 0.178. The molecule has 0 spiro atoms. The van der Waals surface area contributed by atoms with Gasteiger partial charge in [-0.2, -0.15) is 9.50 Å². The van der Waals surface area contributed by atoms with Gasteiger partial charge in [-0.1, -0.05) is 13.0 Å². The number of methoxy groups -OCH3 is 1. The largest absolute Gasteiger partial charge is 0.380 e. The summed E-state index contributed by atoms with van der Waals surface area (Å²) in [6, 6.07) is 6.54. The smallest absolute Gasteiger partial charge is 0.253 e. The molecule has 0 fully saturated rings. The third-order valence-electron chi connectivity index (χ3n) is 5.05. The molecular weight excluding hydrogens is 326 g/mol. The first-order valence-electron chi connectivity index (χ1n) is 9.00. The normalized spacial score (nSPS) is 18.6. The monoisotopic (exact) mass is 351 g/mol. The number of anilines is 1. The highest BCUT2D eigenvalue weighted by molar-refractivity contribution is 5.73. The van der Waals surface area contributed by atoms with Gasteiger partial charge in [0, 0.05) is 30.1 Å². The number of nitrogens with zero attached hydrogens (tertiary/aromatic N) is 4. The molecule has 4 rings (SSSR count). The van der Waals surface area contributed by atoms with Crippen LogP contribution >= 0.6 is 0 Å². The van der Waals surface area contributed by atoms with E-state index in [0.717, 1.165) is 17.7 Å². The second-order valence-electron chi connectivity index (χ2n) is 7.87. The Morgan fingerprint density at radius 2 is 2.15 bits per heavy atom. The Morgan fingerprint density at radius 3 is 2.92 bits per heavy atom. The van der Waals surface area contributed by atoms with E-state index in [4.69, 9.17) is 4.74 Å². The molecule has 1 aromatic carbocycles. The van der Waals surface area contributed by atoms with Gasteiger partial charge in [0.25, 0.3) is 5.78 Å². The van der Waals surface area contributed by atoms with Crippen LogP contribution in [0.5, 0.6) is 0 Å². The maximum absolute atomic E-state index is 5.16. The standard InChI is InChI=1S/C20H25N5O/c1-12-8-14-13(2)10-20(3,4)23-16(14)9-15(12)17-6-7-21-19-22-18(11-26-5)24-25(17)19/h6-9,13,23H,10-11H2,1-5H3. The Bertz CT molecular complexity index is 976. The third-order valence-corrected chi connectivity index (χ3v) is 5.05. The zero-order chi connectivity index (χ0) is 18.5. The first-order valence-corrected chi connectivity index (χ1v) is 9.00. The molecule has 0 aliphatic carbocycles. The van der Waals surface area contributed by atoms with Crippen molar-refractivity contribution < 1.29 is 4.74 Å². The molecule has 6 heteroatoms. The lowest BCUT2D eigenvalue weighted by Crippen LogP contribution is -2.36. The Morgan fingerprint density at radius 1 is 1.35 bits per heavy atom. The molecule has 3 aromatic rings. The van der Waals surface area contributed by atoms with Crippen molar-refractivity contribution in [3.63, 3.8) is 0 Å². The van der Waals surface area contributed by atoms with Gasteiger partial charge in [-0.25, -0.2) is 4.98 Å². The maximum Gasteiger partial charge on any atom is 0.253 e. The highest BCUT2D eigenvalue weighted by Gasteiger charge is 2.30. The van der Waals surface area contributed by atoms with Crippen molar-refractivity contribution in [2.45, 2.75) is 52.2 Å². The van der Waals surface area contributed by atoms with E-state index in [0.29, 0.717) is 24.1 Å². The number of hydrogen-bond acceptors (Lipinski definition) is 5. The Balaban J connectivity index is 1.88. The SMILES string of the molecule is COCc1nc2nccc(-c3cc4c(cc3C)C(C)CC(C)(C)N4)n2n1. The lowest BCUT2D eigenvalue weighted by atomic mass is 9.80. The second-order valence-corrected chi connectivity index (χ2v) is 7.87. The van der Waals surface area contributed by atoms with Crippen molar-refractivity contribution in [1.29, 1.82) is 0 Å². The van der Waals surface area contributed by atoms with Gasteiger partial charge in [0.2, 0.25) is 0 Å². The molecule has 1 aliphatic heterocycles. The van der Waals surface area contributed by atoms with E-state index >= 15 is 0 Å². The number of aromatic nitrogens is 4. The summed E-state index contributed by atoms with van der Waals surface area (Å²) in [6.45, 7) is 9.34. The summed E-state index contributed by atoms with van der Waals surface area (Å²) in [5.74, 6) is 1.76. The van der Waals surface area contributed by atoms with Gasteiger partial charge in [-0.3, -0.25) is 0 Å². The van der Waals surface area contributed by atoms with Gasteiger partial charge in [-0.15, -0.1) is 5.10 Å². The fourth-order valence-corrected chi connectivity index (χ4v) is 4.04. The van der Waals surface area contributed by atoms with Gasteiger partial charge in [0.15, 0.2) is 5.82 Å². The summed E-state index contributed by atoms with van der Waals surface area (Å²) in [4.78, 5) is 8.78. The number of aryl methyl sites for hydroxylation is 1. The highest BCUT2D eigenvalue weighted by Crippen LogP contribution is 2.41. The Hall–Kier alpha value is -2.47. The summed E-state index contributed by atoms with van der Waals surface area (Å²) in [6.07, 6.45) is 2.91. The van der Waals surface area contributed by atoms with Gasteiger partial charge in [0.1, 0.15) is 6.61 Å². The number of rotatable bonds is 3. The van der Waals surface area contributed by atoms with Crippen LogP contribution in [-0.4, -0.2) is 32.2 Å². The van der Waals surface area contributed by atoms with Crippen molar-refractivity contribution >= 4 is 11.5 Å². The maximum atomic E-state index is 5.16. The van der Waals surface area contributed by atoms with Crippen LogP contribution in [0.25, 0.3) is 17.0 Å². The average Bonchev–Trinajstić information content (AvgIpc) is 2.97. The average molecular weight is 351 g/mol. The van der Waals surface area contributed by atoms with Gasteiger partial charge in [0.05, 0.1) is 5.69 Å². The van der Waals surface area contributed by atoms with E-state index in [9.17, 15) is 0 Å². The summed E-state index contributed by atoms with van der Waals surface area (Å²) in [7, 11) is 1.64. The Kier molecular flexibility index (Phi) is 3.95.